The maximum atomic E-state index is 7.39. The van der Waals surface area contributed by atoms with Crippen molar-refractivity contribution in [2.75, 3.05) is 7.05 Å². The van der Waals surface area contributed by atoms with Crippen molar-refractivity contribution in [1.29, 1.82) is 5.41 Å². The van der Waals surface area contributed by atoms with Gasteiger partial charge in [-0.05, 0) is 48.4 Å². The van der Waals surface area contributed by atoms with Gasteiger partial charge in [0.15, 0.2) is 0 Å². The van der Waals surface area contributed by atoms with Crippen molar-refractivity contribution in [3.05, 3.63) is 94.5 Å². The first-order valence-electron chi connectivity index (χ1n) is 9.81. The van der Waals surface area contributed by atoms with Crippen LogP contribution in [-0.2, 0) is 0 Å². The van der Waals surface area contributed by atoms with Crippen LogP contribution in [-0.4, -0.2) is 30.3 Å². The second-order valence-corrected chi connectivity index (χ2v) is 6.77. The number of nitrogens with zero attached hydrogens (tertiary/aromatic N) is 3. The highest BCUT2D eigenvalue weighted by Gasteiger charge is 2.18. The number of nitrogens with two attached hydrogens (primary N) is 2. The SMILES string of the molecule is CCC(C=N)=CC(N)=NC1=CC=C2NC=C(C(C=NC)=C(N)c3cccnc3)C=C2N1. The Morgan fingerprint density at radius 2 is 2.10 bits per heavy atom. The smallest absolute Gasteiger partial charge is 0.132 e. The van der Waals surface area contributed by atoms with Gasteiger partial charge in [0.25, 0.3) is 0 Å². The van der Waals surface area contributed by atoms with Crippen LogP contribution in [0.5, 0.6) is 0 Å². The molecular weight excluding hydrogens is 388 g/mol. The molecule has 0 amide bonds. The van der Waals surface area contributed by atoms with Crippen LogP contribution < -0.4 is 22.1 Å². The predicted octanol–water partition coefficient (Wildman–Crippen LogP) is 2.49. The molecule has 1 aromatic rings. The fourth-order valence-electron chi connectivity index (χ4n) is 3.03. The zero-order chi connectivity index (χ0) is 22.2. The van der Waals surface area contributed by atoms with Crippen molar-refractivity contribution in [3.63, 3.8) is 0 Å². The Balaban J connectivity index is 1.90. The Labute approximate surface area is 181 Å². The van der Waals surface area contributed by atoms with Gasteiger partial charge >= 0.3 is 0 Å². The number of allylic oxidation sites excluding steroid dienone is 6. The molecule has 3 heterocycles. The topological polar surface area (TPSA) is 138 Å². The summed E-state index contributed by atoms with van der Waals surface area (Å²) in [7, 11) is 1.70. The molecular formula is C23H26N8. The number of amidine groups is 1. The van der Waals surface area contributed by atoms with Crippen molar-refractivity contribution < 1.29 is 0 Å². The molecule has 8 nitrogen and oxygen atoms in total. The standard InChI is InChI=1S/C23H26N8/c1-3-15(11-24)9-21(25)31-22-7-6-19-20(30-22)10-17(13-29-19)18(14-27-2)23(26)16-5-4-8-28-12-16/h4-14,24,29-30H,3,26H2,1-2H3,(H2,25,31). The lowest BCUT2D eigenvalue weighted by Crippen LogP contribution is -2.27. The fraction of sp³-hybridized carbons (Fsp3) is 0.130. The molecule has 0 spiro atoms. The minimum atomic E-state index is 0.329. The zero-order valence-corrected chi connectivity index (χ0v) is 17.6. The number of hydrogen-bond donors (Lipinski definition) is 5. The van der Waals surface area contributed by atoms with Crippen LogP contribution in [0.2, 0.25) is 0 Å². The van der Waals surface area contributed by atoms with Crippen LogP contribution >= 0.6 is 0 Å². The van der Waals surface area contributed by atoms with E-state index in [0.29, 0.717) is 23.8 Å². The third kappa shape index (κ3) is 5.24. The van der Waals surface area contributed by atoms with Crippen molar-refractivity contribution >= 4 is 24.0 Å². The zero-order valence-electron chi connectivity index (χ0n) is 17.6. The van der Waals surface area contributed by atoms with Gasteiger partial charge in [-0.25, -0.2) is 4.99 Å². The van der Waals surface area contributed by atoms with E-state index in [1.54, 1.807) is 31.7 Å². The summed E-state index contributed by atoms with van der Waals surface area (Å²) >= 11 is 0. The average Bonchev–Trinajstić information content (AvgIpc) is 2.80. The molecule has 158 valence electrons. The van der Waals surface area contributed by atoms with Crippen molar-refractivity contribution in [2.24, 2.45) is 21.5 Å². The van der Waals surface area contributed by atoms with Gasteiger partial charge in [0, 0.05) is 60.5 Å². The van der Waals surface area contributed by atoms with E-state index >= 15 is 0 Å². The van der Waals surface area contributed by atoms with Crippen LogP contribution in [0.15, 0.2) is 98.9 Å². The van der Waals surface area contributed by atoms with E-state index in [2.05, 4.69) is 25.6 Å². The summed E-state index contributed by atoms with van der Waals surface area (Å²) < 4.78 is 0. The first-order chi connectivity index (χ1) is 15.0. The molecule has 31 heavy (non-hydrogen) atoms. The lowest BCUT2D eigenvalue weighted by molar-refractivity contribution is 0.875. The first-order valence-corrected chi connectivity index (χ1v) is 9.81. The summed E-state index contributed by atoms with van der Waals surface area (Å²) in [6, 6.07) is 3.75. The van der Waals surface area contributed by atoms with Gasteiger partial charge in [-0.3, -0.25) is 9.98 Å². The van der Waals surface area contributed by atoms with E-state index in [-0.39, 0.29) is 0 Å². The molecule has 7 N–H and O–H groups in total. The van der Waals surface area contributed by atoms with Gasteiger partial charge < -0.3 is 27.5 Å². The summed E-state index contributed by atoms with van der Waals surface area (Å²) in [6.45, 7) is 1.96. The number of aliphatic imine (C=N–C) groups is 2. The van der Waals surface area contributed by atoms with Gasteiger partial charge in [-0.2, -0.15) is 0 Å². The van der Waals surface area contributed by atoms with Crippen LogP contribution in [0.4, 0.5) is 0 Å². The van der Waals surface area contributed by atoms with Crippen LogP contribution in [0, 0.1) is 5.41 Å². The van der Waals surface area contributed by atoms with E-state index in [4.69, 9.17) is 16.9 Å². The molecule has 0 bridgehead atoms. The van der Waals surface area contributed by atoms with E-state index in [0.717, 1.165) is 33.7 Å². The highest BCUT2D eigenvalue weighted by molar-refractivity contribution is 5.97. The number of hydrogen-bond acceptors (Lipinski definition) is 7. The van der Waals surface area contributed by atoms with E-state index in [1.165, 1.54) is 6.21 Å². The highest BCUT2D eigenvalue weighted by Crippen LogP contribution is 2.25. The largest absolute Gasteiger partial charge is 0.398 e. The quantitative estimate of drug-likeness (QED) is 0.345. The molecule has 0 saturated carbocycles. The summed E-state index contributed by atoms with van der Waals surface area (Å²) in [5.41, 5.74) is 18.0. The molecule has 0 aromatic carbocycles. The molecule has 0 radical (unpaired) electrons. The second kappa shape index (κ2) is 10.0. The third-order valence-corrected chi connectivity index (χ3v) is 4.65. The van der Waals surface area contributed by atoms with Crippen molar-refractivity contribution in [3.8, 4) is 0 Å². The summed E-state index contributed by atoms with van der Waals surface area (Å²) in [4.78, 5) is 12.7. The number of pyridine rings is 1. The Morgan fingerprint density at radius 3 is 2.77 bits per heavy atom. The number of dihydropyridines is 2. The summed E-state index contributed by atoms with van der Waals surface area (Å²) in [5.74, 6) is 0.928. The maximum absolute atomic E-state index is 7.39. The minimum Gasteiger partial charge on any atom is -0.398 e. The van der Waals surface area contributed by atoms with Gasteiger partial charge in [0.05, 0.1) is 11.4 Å². The Kier molecular flexibility index (Phi) is 6.95. The molecule has 2 aliphatic heterocycles. The molecule has 0 fully saturated rings. The van der Waals surface area contributed by atoms with Crippen molar-refractivity contribution in [1.82, 2.24) is 15.6 Å². The molecule has 3 rings (SSSR count). The van der Waals surface area contributed by atoms with E-state index < -0.39 is 0 Å². The average molecular weight is 415 g/mol. The molecule has 8 heteroatoms. The lowest BCUT2D eigenvalue weighted by Gasteiger charge is -2.24. The highest BCUT2D eigenvalue weighted by atomic mass is 15.1. The van der Waals surface area contributed by atoms with Gasteiger partial charge in [-0.15, -0.1) is 0 Å². The van der Waals surface area contributed by atoms with Crippen LogP contribution in [0.1, 0.15) is 18.9 Å². The van der Waals surface area contributed by atoms with Crippen molar-refractivity contribution in [2.45, 2.75) is 13.3 Å². The van der Waals surface area contributed by atoms with Crippen LogP contribution in [0.3, 0.4) is 0 Å². The second-order valence-electron chi connectivity index (χ2n) is 6.77. The predicted molar refractivity (Wildman–Crippen MR) is 127 cm³/mol. The molecule has 1 aromatic heterocycles. The van der Waals surface area contributed by atoms with E-state index in [9.17, 15) is 0 Å². The Bertz CT molecular complexity index is 1100. The number of nitrogens with one attached hydrogen (secondary N) is 3. The number of fused-ring (bicyclic) bond motifs is 1. The third-order valence-electron chi connectivity index (χ3n) is 4.65. The molecule has 0 unspecified atom stereocenters. The normalized spacial score (nSPS) is 17.4. The Morgan fingerprint density at radius 1 is 1.26 bits per heavy atom. The van der Waals surface area contributed by atoms with Gasteiger partial charge in [0.1, 0.15) is 11.7 Å². The molecule has 0 aliphatic carbocycles. The monoisotopic (exact) mass is 414 g/mol. The Hall–Kier alpha value is -4.20. The lowest BCUT2D eigenvalue weighted by atomic mass is 9.98. The summed E-state index contributed by atoms with van der Waals surface area (Å²) in [6.07, 6.45) is 16.5. The molecule has 2 aliphatic rings. The van der Waals surface area contributed by atoms with E-state index in [1.807, 2.05) is 43.5 Å². The molecule has 0 atom stereocenters. The fourth-order valence-corrected chi connectivity index (χ4v) is 3.03. The minimum absolute atomic E-state index is 0.329. The van der Waals surface area contributed by atoms with Crippen LogP contribution in [0.25, 0.3) is 5.70 Å². The number of rotatable bonds is 7. The summed E-state index contributed by atoms with van der Waals surface area (Å²) in [5, 5.41) is 13.9. The molecule has 0 saturated heterocycles. The first kappa shape index (κ1) is 21.5. The number of aromatic nitrogens is 1. The van der Waals surface area contributed by atoms with Gasteiger partial charge in [-0.1, -0.05) is 6.92 Å². The maximum Gasteiger partial charge on any atom is 0.132 e. The van der Waals surface area contributed by atoms with Gasteiger partial charge in [0.2, 0.25) is 0 Å².